The molecule has 1 aromatic heterocycles. The number of aliphatic hydroxyl groups is 4. The Morgan fingerprint density at radius 1 is 1.05 bits per heavy atom. The molecule has 3 rings (SSSR count). The molecule has 15 heteroatoms. The zero-order valence-electron chi connectivity index (χ0n) is 19.3. The van der Waals surface area contributed by atoms with Crippen molar-refractivity contribution in [2.24, 2.45) is 0 Å². The van der Waals surface area contributed by atoms with Crippen LogP contribution in [0.25, 0.3) is 0 Å². The number of rotatable bonds is 10. The van der Waals surface area contributed by atoms with Gasteiger partial charge >= 0.3 is 0 Å². The number of nitrogens with one attached hydrogen (secondary N) is 2. The van der Waals surface area contributed by atoms with E-state index in [-0.39, 0.29) is 18.1 Å². The average molecular weight is 539 g/mol. The van der Waals surface area contributed by atoms with Crippen LogP contribution in [0.15, 0.2) is 35.7 Å². The summed E-state index contributed by atoms with van der Waals surface area (Å²) < 4.78 is 5.17. The van der Waals surface area contributed by atoms with Gasteiger partial charge in [0.05, 0.1) is 0 Å². The average Bonchev–Trinajstić information content (AvgIpc) is 3.30. The summed E-state index contributed by atoms with van der Waals surface area (Å²) in [4.78, 5) is 16.0. The highest BCUT2D eigenvalue weighted by Gasteiger charge is 2.40. The minimum absolute atomic E-state index is 0.0652. The molecular formula is C22H26N4O10S. The molecule has 1 unspecified atom stereocenters. The van der Waals surface area contributed by atoms with Crippen molar-refractivity contribution < 1.29 is 50.4 Å². The molecule has 1 heterocycles. The van der Waals surface area contributed by atoms with Crippen molar-refractivity contribution in [3.8, 4) is 23.0 Å². The standard InChI is InChI=1S/C22H26N4O10S/c1-36-18(10-5-3-2-4-6-10)22(34,35)24-8-7-11-14(27)16(29)13(17(30)15(11)28)26-19(31)21(32,33)12-9-37-20(23)25-12/h2-6,9,18,24,27-30,32-35H,7-8H2,1H3,(H2,23,25)(H,26,31). The molecule has 0 saturated carbocycles. The van der Waals surface area contributed by atoms with Gasteiger partial charge in [-0.3, -0.25) is 10.1 Å². The van der Waals surface area contributed by atoms with Gasteiger partial charge < -0.3 is 56.6 Å². The van der Waals surface area contributed by atoms with Crippen molar-refractivity contribution in [1.29, 1.82) is 0 Å². The first kappa shape index (κ1) is 27.9. The minimum Gasteiger partial charge on any atom is -0.504 e. The molecule has 0 radical (unpaired) electrons. The maximum atomic E-state index is 12.4. The van der Waals surface area contributed by atoms with Crippen LogP contribution in [0.4, 0.5) is 10.8 Å². The number of carbonyl (C=O) groups is 1. The molecule has 0 aliphatic carbocycles. The Kier molecular flexibility index (Phi) is 8.09. The largest absolute Gasteiger partial charge is 0.504 e. The lowest BCUT2D eigenvalue weighted by Crippen LogP contribution is -2.51. The summed E-state index contributed by atoms with van der Waals surface area (Å²) in [5.41, 5.74) is 3.98. The van der Waals surface area contributed by atoms with Gasteiger partial charge in [0.15, 0.2) is 34.2 Å². The second-order valence-corrected chi connectivity index (χ2v) is 8.76. The molecular weight excluding hydrogens is 512 g/mol. The highest BCUT2D eigenvalue weighted by Crippen LogP contribution is 2.50. The topological polar surface area (TPSA) is 251 Å². The number of hydrogen-bond donors (Lipinski definition) is 11. The number of carbonyl (C=O) groups excluding carboxylic acids is 1. The van der Waals surface area contributed by atoms with Crippen molar-refractivity contribution in [3.05, 3.63) is 52.5 Å². The summed E-state index contributed by atoms with van der Waals surface area (Å²) >= 11 is 0.818. The second kappa shape index (κ2) is 10.7. The van der Waals surface area contributed by atoms with Gasteiger partial charge in [0.1, 0.15) is 11.4 Å². The number of aromatic nitrogens is 1. The summed E-state index contributed by atoms with van der Waals surface area (Å²) in [5.74, 6) is -11.6. The zero-order chi connectivity index (χ0) is 27.5. The van der Waals surface area contributed by atoms with E-state index in [0.29, 0.717) is 5.56 Å². The van der Waals surface area contributed by atoms with Crippen LogP contribution >= 0.6 is 11.3 Å². The Bertz CT molecular complexity index is 1240. The monoisotopic (exact) mass is 538 g/mol. The number of nitrogens with two attached hydrogens (primary N) is 1. The predicted octanol–water partition coefficient (Wildman–Crippen LogP) is -0.518. The Morgan fingerprint density at radius 2 is 1.65 bits per heavy atom. The van der Waals surface area contributed by atoms with Crippen molar-refractivity contribution in [1.82, 2.24) is 10.3 Å². The maximum Gasteiger partial charge on any atom is 0.291 e. The second-order valence-electron chi connectivity index (χ2n) is 7.87. The number of nitrogens with zero attached hydrogens (tertiary/aromatic N) is 1. The molecule has 0 spiro atoms. The number of phenols is 4. The van der Waals surface area contributed by atoms with Gasteiger partial charge in [0, 0.05) is 24.6 Å². The van der Waals surface area contributed by atoms with Crippen LogP contribution in [0.2, 0.25) is 0 Å². The molecule has 0 aliphatic heterocycles. The first-order valence-corrected chi connectivity index (χ1v) is 11.4. The number of amides is 1. The highest BCUT2D eigenvalue weighted by atomic mass is 32.1. The molecule has 12 N–H and O–H groups in total. The molecule has 2 aromatic carbocycles. The van der Waals surface area contributed by atoms with Crippen LogP contribution < -0.4 is 16.4 Å². The fourth-order valence-electron chi connectivity index (χ4n) is 3.49. The number of thiazole rings is 1. The number of nitrogen functional groups attached to an aromatic ring is 1. The molecule has 0 fully saturated rings. The van der Waals surface area contributed by atoms with E-state index in [2.05, 4.69) is 10.3 Å². The molecule has 200 valence electrons. The molecule has 3 aromatic rings. The van der Waals surface area contributed by atoms with E-state index in [1.165, 1.54) is 7.11 Å². The van der Waals surface area contributed by atoms with Crippen molar-refractivity contribution >= 4 is 28.1 Å². The van der Waals surface area contributed by atoms with Crippen LogP contribution in [-0.4, -0.2) is 71.3 Å². The molecule has 0 saturated heterocycles. The van der Waals surface area contributed by atoms with Gasteiger partial charge in [-0.1, -0.05) is 30.3 Å². The maximum absolute atomic E-state index is 12.4. The van der Waals surface area contributed by atoms with Gasteiger partial charge in [-0.25, -0.2) is 4.98 Å². The zero-order valence-corrected chi connectivity index (χ0v) is 20.1. The number of aromatic hydroxyl groups is 4. The summed E-state index contributed by atoms with van der Waals surface area (Å²) in [6.45, 7) is -0.312. The molecule has 1 atom stereocenters. The number of methoxy groups -OCH3 is 1. The summed E-state index contributed by atoms with van der Waals surface area (Å²) in [7, 11) is 1.26. The van der Waals surface area contributed by atoms with Gasteiger partial charge in [-0.2, -0.15) is 0 Å². The Labute approximate surface area is 213 Å². The number of hydrogen-bond acceptors (Lipinski definition) is 14. The lowest BCUT2D eigenvalue weighted by atomic mass is 10.0. The minimum atomic E-state index is -3.23. The first-order valence-electron chi connectivity index (χ1n) is 10.5. The van der Waals surface area contributed by atoms with E-state index in [0.717, 1.165) is 16.7 Å². The fraction of sp³-hybridized carbons (Fsp3) is 0.273. The SMILES string of the molecule is COC(c1ccccc1)C(O)(O)NCCc1c(O)c(O)c(NC(=O)C(O)(O)c2csc(N)n2)c(O)c1O. The van der Waals surface area contributed by atoms with Crippen LogP contribution in [0, 0.1) is 0 Å². The van der Waals surface area contributed by atoms with Crippen molar-refractivity contribution in [3.63, 3.8) is 0 Å². The third-order valence-electron chi connectivity index (χ3n) is 5.39. The predicted molar refractivity (Wildman–Crippen MR) is 129 cm³/mol. The number of benzene rings is 2. The lowest BCUT2D eigenvalue weighted by molar-refractivity contribution is -0.254. The molecule has 1 amide bonds. The molecule has 14 nitrogen and oxygen atoms in total. The quantitative estimate of drug-likeness (QED) is 0.0884. The summed E-state index contributed by atoms with van der Waals surface area (Å²) in [6.07, 6.45) is -1.58. The van der Waals surface area contributed by atoms with Gasteiger partial charge in [0.25, 0.3) is 17.6 Å². The van der Waals surface area contributed by atoms with E-state index >= 15 is 0 Å². The smallest absolute Gasteiger partial charge is 0.291 e. The summed E-state index contributed by atoms with van der Waals surface area (Å²) in [6, 6.07) is 8.28. The number of ether oxygens (including phenoxy) is 1. The Morgan fingerprint density at radius 3 is 2.16 bits per heavy atom. The Balaban J connectivity index is 1.78. The van der Waals surface area contributed by atoms with Crippen LogP contribution in [0.1, 0.15) is 22.9 Å². The van der Waals surface area contributed by atoms with Crippen LogP contribution in [-0.2, 0) is 21.7 Å². The van der Waals surface area contributed by atoms with Crippen LogP contribution in [0.5, 0.6) is 23.0 Å². The van der Waals surface area contributed by atoms with Gasteiger partial charge in [-0.15, -0.1) is 11.3 Å². The lowest BCUT2D eigenvalue weighted by Gasteiger charge is -2.31. The van der Waals surface area contributed by atoms with E-state index in [1.54, 1.807) is 30.3 Å². The van der Waals surface area contributed by atoms with Crippen molar-refractivity contribution in [2.75, 3.05) is 24.7 Å². The number of phenolic OH excluding ortho intramolecular Hbond substituents is 4. The Hall–Kier alpha value is -3.70. The molecule has 37 heavy (non-hydrogen) atoms. The number of anilines is 2. The summed E-state index contributed by atoms with van der Waals surface area (Å²) in [5, 5.41) is 87.8. The first-order chi connectivity index (χ1) is 17.3. The highest BCUT2D eigenvalue weighted by molar-refractivity contribution is 7.13. The van der Waals surface area contributed by atoms with E-state index in [9.17, 15) is 45.6 Å². The molecule has 0 aliphatic rings. The van der Waals surface area contributed by atoms with E-state index < -0.39 is 63.7 Å². The fourth-order valence-corrected chi connectivity index (χ4v) is 4.09. The van der Waals surface area contributed by atoms with Crippen molar-refractivity contribution in [2.45, 2.75) is 24.2 Å². The third-order valence-corrected chi connectivity index (χ3v) is 6.07. The molecule has 0 bridgehead atoms. The van der Waals surface area contributed by atoms with Gasteiger partial charge in [-0.05, 0) is 12.0 Å². The van der Waals surface area contributed by atoms with Crippen LogP contribution in [0.3, 0.4) is 0 Å². The van der Waals surface area contributed by atoms with E-state index in [4.69, 9.17) is 10.5 Å². The van der Waals surface area contributed by atoms with E-state index in [1.807, 2.05) is 5.32 Å². The third kappa shape index (κ3) is 5.67. The van der Waals surface area contributed by atoms with Gasteiger partial charge in [0.2, 0.25) is 0 Å². The normalized spacial score (nSPS) is 12.9.